The Morgan fingerprint density at radius 1 is 1.08 bits per heavy atom. The molecule has 0 aliphatic heterocycles. The van der Waals surface area contributed by atoms with E-state index in [1.165, 1.54) is 12.1 Å². The first-order chi connectivity index (χ1) is 11.6. The van der Waals surface area contributed by atoms with Crippen LogP contribution in [0.15, 0.2) is 60.7 Å². The molecule has 4 nitrogen and oxygen atoms in total. The molecule has 5 heteroatoms. The highest BCUT2D eigenvalue weighted by Crippen LogP contribution is 2.16. The van der Waals surface area contributed by atoms with E-state index in [1.54, 1.807) is 25.1 Å². The maximum absolute atomic E-state index is 13.6. The highest BCUT2D eigenvalue weighted by Gasteiger charge is 2.08. The summed E-state index contributed by atoms with van der Waals surface area (Å²) in [6.07, 6.45) is 1.25. The van der Waals surface area contributed by atoms with Gasteiger partial charge in [-0.05, 0) is 24.1 Å². The van der Waals surface area contributed by atoms with E-state index in [0.717, 1.165) is 5.56 Å². The average Bonchev–Trinajstić information content (AvgIpc) is 2.59. The number of ether oxygens (including phenoxy) is 1. The van der Waals surface area contributed by atoms with Gasteiger partial charge >= 0.3 is 5.97 Å². The summed E-state index contributed by atoms with van der Waals surface area (Å²) in [6.45, 7) is 1.54. The molecule has 1 N–H and O–H groups in total. The van der Waals surface area contributed by atoms with Gasteiger partial charge < -0.3 is 10.1 Å². The first kappa shape index (κ1) is 17.4. The van der Waals surface area contributed by atoms with Gasteiger partial charge in [-0.15, -0.1) is 0 Å². The number of nitrogens with one attached hydrogen (secondary N) is 1. The van der Waals surface area contributed by atoms with Gasteiger partial charge in [-0.25, -0.2) is 4.39 Å². The molecular weight excluding hydrogens is 309 g/mol. The summed E-state index contributed by atoms with van der Waals surface area (Å²) in [4.78, 5) is 23.4. The SMILES string of the molecule is C/C(=C/C(=O)NCC(=O)OCc1ccccc1)c1ccccc1F. The molecule has 2 aromatic carbocycles. The molecular formula is C19H18FNO3. The van der Waals surface area contributed by atoms with Crippen LogP contribution in [0.2, 0.25) is 0 Å². The van der Waals surface area contributed by atoms with E-state index in [4.69, 9.17) is 4.74 Å². The highest BCUT2D eigenvalue weighted by molar-refractivity contribution is 5.96. The van der Waals surface area contributed by atoms with Gasteiger partial charge in [-0.2, -0.15) is 0 Å². The molecule has 0 radical (unpaired) electrons. The Morgan fingerprint density at radius 3 is 2.46 bits per heavy atom. The molecule has 124 valence electrons. The van der Waals surface area contributed by atoms with Gasteiger partial charge in [-0.1, -0.05) is 48.5 Å². The minimum absolute atomic E-state index is 0.152. The largest absolute Gasteiger partial charge is 0.460 e. The zero-order valence-corrected chi connectivity index (χ0v) is 13.3. The number of halogens is 1. The maximum atomic E-state index is 13.6. The number of carbonyl (C=O) groups is 2. The van der Waals surface area contributed by atoms with E-state index >= 15 is 0 Å². The highest BCUT2D eigenvalue weighted by atomic mass is 19.1. The fourth-order valence-electron chi connectivity index (χ4n) is 2.05. The van der Waals surface area contributed by atoms with Crippen molar-refractivity contribution >= 4 is 17.4 Å². The molecule has 1 amide bonds. The standard InChI is InChI=1S/C19H18FNO3/c1-14(16-9-5-6-10-17(16)20)11-18(22)21-12-19(23)24-13-15-7-3-2-4-8-15/h2-11H,12-13H2,1H3,(H,21,22)/b14-11-. The second-order valence-corrected chi connectivity index (χ2v) is 5.17. The van der Waals surface area contributed by atoms with E-state index < -0.39 is 17.7 Å². The molecule has 0 aliphatic carbocycles. The lowest BCUT2D eigenvalue weighted by Gasteiger charge is -2.06. The first-order valence-electron chi connectivity index (χ1n) is 7.47. The third-order valence-electron chi connectivity index (χ3n) is 3.30. The zero-order chi connectivity index (χ0) is 17.4. The smallest absolute Gasteiger partial charge is 0.325 e. The third-order valence-corrected chi connectivity index (χ3v) is 3.30. The van der Waals surface area contributed by atoms with Crippen LogP contribution in [0.5, 0.6) is 0 Å². The number of benzene rings is 2. The van der Waals surface area contributed by atoms with Crippen LogP contribution in [0.3, 0.4) is 0 Å². The Hall–Kier alpha value is -2.95. The van der Waals surface area contributed by atoms with Crippen molar-refractivity contribution in [1.29, 1.82) is 0 Å². The van der Waals surface area contributed by atoms with E-state index in [2.05, 4.69) is 5.32 Å². The van der Waals surface area contributed by atoms with Gasteiger partial charge in [0.2, 0.25) is 5.91 Å². The summed E-state index contributed by atoms with van der Waals surface area (Å²) in [5.41, 5.74) is 1.69. The van der Waals surface area contributed by atoms with Crippen molar-refractivity contribution in [2.45, 2.75) is 13.5 Å². The molecule has 2 rings (SSSR count). The van der Waals surface area contributed by atoms with Crippen LogP contribution in [0, 0.1) is 5.82 Å². The van der Waals surface area contributed by atoms with Crippen LogP contribution in [-0.2, 0) is 20.9 Å². The Labute approximate surface area is 140 Å². The predicted octanol–water partition coefficient (Wildman–Crippen LogP) is 3.09. The lowest BCUT2D eigenvalue weighted by molar-refractivity contribution is -0.144. The number of rotatable bonds is 6. The van der Waals surface area contributed by atoms with Crippen LogP contribution >= 0.6 is 0 Å². The first-order valence-corrected chi connectivity index (χ1v) is 7.47. The van der Waals surface area contributed by atoms with Crippen molar-refractivity contribution in [3.05, 3.63) is 77.6 Å². The van der Waals surface area contributed by atoms with Crippen molar-refractivity contribution in [1.82, 2.24) is 5.32 Å². The molecule has 24 heavy (non-hydrogen) atoms. The van der Waals surface area contributed by atoms with Crippen molar-refractivity contribution in [2.75, 3.05) is 6.54 Å². The minimum atomic E-state index is -0.538. The molecule has 0 fully saturated rings. The molecule has 0 saturated carbocycles. The summed E-state index contributed by atoms with van der Waals surface area (Å²) in [5, 5.41) is 2.43. The van der Waals surface area contributed by atoms with Gasteiger partial charge in [0.25, 0.3) is 0 Å². The summed E-state index contributed by atoms with van der Waals surface area (Å²) < 4.78 is 18.7. The maximum Gasteiger partial charge on any atom is 0.325 e. The molecule has 0 aliphatic rings. The van der Waals surface area contributed by atoms with E-state index in [1.807, 2.05) is 30.3 Å². The molecule has 0 bridgehead atoms. The number of hydrogen-bond acceptors (Lipinski definition) is 3. The van der Waals surface area contributed by atoms with Crippen molar-refractivity contribution in [3.63, 3.8) is 0 Å². The Bertz CT molecular complexity index is 741. The zero-order valence-electron chi connectivity index (χ0n) is 13.3. The molecule has 0 unspecified atom stereocenters. The molecule has 0 spiro atoms. The summed E-state index contributed by atoms with van der Waals surface area (Å²) in [6, 6.07) is 15.4. The molecule has 0 atom stereocenters. The van der Waals surface area contributed by atoms with Crippen LogP contribution in [0.1, 0.15) is 18.1 Å². The molecule has 2 aromatic rings. The normalized spacial score (nSPS) is 11.0. The lowest BCUT2D eigenvalue weighted by Crippen LogP contribution is -2.29. The van der Waals surface area contributed by atoms with Gasteiger partial charge in [0, 0.05) is 11.6 Å². The van der Waals surface area contributed by atoms with Crippen LogP contribution in [-0.4, -0.2) is 18.4 Å². The van der Waals surface area contributed by atoms with Gasteiger partial charge in [0.1, 0.15) is 19.0 Å². The number of carbonyl (C=O) groups excluding carboxylic acids is 2. The van der Waals surface area contributed by atoms with Crippen molar-refractivity contribution in [3.8, 4) is 0 Å². The quantitative estimate of drug-likeness (QED) is 0.655. The fourth-order valence-corrected chi connectivity index (χ4v) is 2.05. The Balaban J connectivity index is 1.81. The van der Waals surface area contributed by atoms with E-state index in [9.17, 15) is 14.0 Å². The third kappa shape index (κ3) is 5.35. The minimum Gasteiger partial charge on any atom is -0.460 e. The summed E-state index contributed by atoms with van der Waals surface area (Å²) in [5.74, 6) is -1.42. The second-order valence-electron chi connectivity index (χ2n) is 5.17. The Kier molecular flexibility index (Phi) is 6.25. The van der Waals surface area contributed by atoms with Crippen LogP contribution in [0.4, 0.5) is 4.39 Å². The molecule has 0 aromatic heterocycles. The average molecular weight is 327 g/mol. The van der Waals surface area contributed by atoms with Gasteiger partial charge in [0.15, 0.2) is 0 Å². The number of hydrogen-bond donors (Lipinski definition) is 1. The van der Waals surface area contributed by atoms with E-state index in [0.29, 0.717) is 11.1 Å². The lowest BCUT2D eigenvalue weighted by atomic mass is 10.1. The summed E-state index contributed by atoms with van der Waals surface area (Å²) >= 11 is 0. The monoisotopic (exact) mass is 327 g/mol. The number of amides is 1. The molecule has 0 heterocycles. The van der Waals surface area contributed by atoms with Crippen molar-refractivity contribution in [2.24, 2.45) is 0 Å². The molecule has 0 saturated heterocycles. The summed E-state index contributed by atoms with van der Waals surface area (Å²) in [7, 11) is 0. The van der Waals surface area contributed by atoms with E-state index in [-0.39, 0.29) is 13.2 Å². The predicted molar refractivity (Wildman–Crippen MR) is 89.3 cm³/mol. The number of allylic oxidation sites excluding steroid dienone is 1. The topological polar surface area (TPSA) is 55.4 Å². The van der Waals surface area contributed by atoms with Crippen molar-refractivity contribution < 1.29 is 18.7 Å². The fraction of sp³-hybridized carbons (Fsp3) is 0.158. The number of esters is 1. The van der Waals surface area contributed by atoms with Gasteiger partial charge in [-0.3, -0.25) is 9.59 Å². The van der Waals surface area contributed by atoms with Gasteiger partial charge in [0.05, 0.1) is 0 Å². The van der Waals surface area contributed by atoms with Crippen LogP contribution in [0.25, 0.3) is 5.57 Å². The van der Waals surface area contributed by atoms with Crippen LogP contribution < -0.4 is 5.32 Å². The second kappa shape index (κ2) is 8.62. The Morgan fingerprint density at radius 2 is 1.75 bits per heavy atom.